The van der Waals surface area contributed by atoms with Crippen molar-refractivity contribution in [2.24, 2.45) is 0 Å². The number of hydrogen-bond acceptors (Lipinski definition) is 3. The van der Waals surface area contributed by atoms with E-state index in [1.807, 2.05) is 0 Å². The molecule has 74 valence electrons. The molecule has 1 aromatic heterocycles. The number of aromatic amines is 1. The number of aromatic nitrogens is 3. The first-order chi connectivity index (χ1) is 6.15. The first-order valence-corrected chi connectivity index (χ1v) is 3.97. The molecule has 7 heteroatoms. The number of hydrogen-bond donors (Lipinski definition) is 1. The smallest absolute Gasteiger partial charge is 0.256 e. The van der Waals surface area contributed by atoms with E-state index >= 15 is 0 Å². The van der Waals surface area contributed by atoms with Crippen LogP contribution in [0.3, 0.4) is 0 Å². The van der Waals surface area contributed by atoms with Crippen LogP contribution in [0.5, 0.6) is 0 Å². The molecule has 1 N–H and O–H groups in total. The third kappa shape index (κ3) is 2.56. The van der Waals surface area contributed by atoms with Crippen molar-refractivity contribution in [2.75, 3.05) is 7.11 Å². The second kappa shape index (κ2) is 4.43. The molecule has 0 amide bonds. The average molecular weight is 209 g/mol. The molecule has 0 radical (unpaired) electrons. The van der Waals surface area contributed by atoms with E-state index in [1.54, 1.807) is 0 Å². The molecule has 4 nitrogen and oxygen atoms in total. The van der Waals surface area contributed by atoms with Gasteiger partial charge in [-0.2, -0.15) is 5.10 Å². The summed E-state index contributed by atoms with van der Waals surface area (Å²) >= 11 is 4.76. The Morgan fingerprint density at radius 3 is 2.92 bits per heavy atom. The van der Waals surface area contributed by atoms with Crippen LogP contribution in [0, 0.1) is 4.77 Å². The summed E-state index contributed by atoms with van der Waals surface area (Å²) in [5.41, 5.74) is 0. The summed E-state index contributed by atoms with van der Waals surface area (Å²) in [5, 5.41) is 6.18. The van der Waals surface area contributed by atoms with Gasteiger partial charge in [-0.3, -0.25) is 9.67 Å². The fraction of sp³-hybridized carbons (Fsp3) is 0.667. The number of nitrogens with one attached hydrogen (secondary N) is 1. The van der Waals surface area contributed by atoms with Gasteiger partial charge < -0.3 is 4.74 Å². The van der Waals surface area contributed by atoms with Gasteiger partial charge in [-0.05, 0) is 12.2 Å². The van der Waals surface area contributed by atoms with Gasteiger partial charge in [-0.15, -0.1) is 0 Å². The highest BCUT2D eigenvalue weighted by molar-refractivity contribution is 7.71. The standard InChI is InChI=1S/C6H9F2N3OS/c1-12-3-5-9-10-6(13)11(5)2-4(7)8/h4H,2-3H2,1H3,(H,10,13). The number of ether oxygens (including phenoxy) is 1. The lowest BCUT2D eigenvalue weighted by atomic mass is 10.6. The minimum absolute atomic E-state index is 0.167. The van der Waals surface area contributed by atoms with Crippen molar-refractivity contribution >= 4 is 12.2 Å². The summed E-state index contributed by atoms with van der Waals surface area (Å²) in [6, 6.07) is 0. The van der Waals surface area contributed by atoms with Crippen LogP contribution in [0.25, 0.3) is 0 Å². The first-order valence-electron chi connectivity index (χ1n) is 3.56. The molecular weight excluding hydrogens is 200 g/mol. The predicted octanol–water partition coefficient (Wildman–Crippen LogP) is 1.35. The minimum Gasteiger partial charge on any atom is -0.377 e. The van der Waals surface area contributed by atoms with Crippen molar-refractivity contribution in [2.45, 2.75) is 19.6 Å². The Labute approximate surface area is 78.5 Å². The molecule has 1 rings (SSSR count). The molecule has 0 unspecified atom stereocenters. The molecule has 0 saturated carbocycles. The summed E-state index contributed by atoms with van der Waals surface area (Å²) in [5.74, 6) is 0.382. The summed E-state index contributed by atoms with van der Waals surface area (Å²) in [7, 11) is 1.46. The van der Waals surface area contributed by atoms with Gasteiger partial charge in [-0.25, -0.2) is 8.78 Å². The van der Waals surface area contributed by atoms with Gasteiger partial charge in [-0.1, -0.05) is 0 Å². The molecule has 0 aromatic carbocycles. The SMILES string of the molecule is COCc1n[nH]c(=S)n1CC(F)F. The lowest BCUT2D eigenvalue weighted by Gasteiger charge is -2.04. The Morgan fingerprint density at radius 1 is 1.69 bits per heavy atom. The summed E-state index contributed by atoms with van der Waals surface area (Å²) in [6.45, 7) is -0.284. The Morgan fingerprint density at radius 2 is 2.38 bits per heavy atom. The molecule has 1 heterocycles. The van der Waals surface area contributed by atoms with Gasteiger partial charge in [0.15, 0.2) is 10.6 Å². The largest absolute Gasteiger partial charge is 0.377 e. The van der Waals surface area contributed by atoms with Crippen molar-refractivity contribution in [3.63, 3.8) is 0 Å². The van der Waals surface area contributed by atoms with Crippen molar-refractivity contribution in [1.29, 1.82) is 0 Å². The van der Waals surface area contributed by atoms with Crippen molar-refractivity contribution in [3.05, 3.63) is 10.6 Å². The Bertz CT molecular complexity index is 322. The molecule has 0 aliphatic rings. The van der Waals surface area contributed by atoms with E-state index < -0.39 is 13.0 Å². The Balaban J connectivity index is 2.88. The van der Waals surface area contributed by atoms with Crippen molar-refractivity contribution in [3.8, 4) is 0 Å². The number of H-pyrrole nitrogens is 1. The zero-order valence-electron chi connectivity index (χ0n) is 6.96. The highest BCUT2D eigenvalue weighted by Gasteiger charge is 2.10. The third-order valence-electron chi connectivity index (χ3n) is 1.43. The third-order valence-corrected chi connectivity index (χ3v) is 1.74. The second-order valence-electron chi connectivity index (χ2n) is 2.38. The molecule has 13 heavy (non-hydrogen) atoms. The highest BCUT2D eigenvalue weighted by Crippen LogP contribution is 2.04. The molecule has 1 aromatic rings. The number of halogens is 2. The molecule has 0 fully saturated rings. The van der Waals surface area contributed by atoms with Gasteiger partial charge in [0, 0.05) is 7.11 Å². The molecule has 0 aliphatic carbocycles. The summed E-state index contributed by atoms with van der Waals surface area (Å²) in [6.07, 6.45) is -2.44. The van der Waals surface area contributed by atoms with Crippen LogP contribution < -0.4 is 0 Å². The number of nitrogens with zero attached hydrogens (tertiary/aromatic N) is 2. The van der Waals surface area contributed by atoms with E-state index in [9.17, 15) is 8.78 Å². The monoisotopic (exact) mass is 209 g/mol. The molecule has 0 atom stereocenters. The molecular formula is C6H9F2N3OS. The number of methoxy groups -OCH3 is 1. The number of alkyl halides is 2. The van der Waals surface area contributed by atoms with Gasteiger partial charge in [0.05, 0.1) is 6.54 Å². The maximum atomic E-state index is 12.0. The predicted molar refractivity (Wildman–Crippen MR) is 44.1 cm³/mol. The van der Waals surface area contributed by atoms with Crippen LogP contribution in [-0.4, -0.2) is 28.3 Å². The van der Waals surface area contributed by atoms with E-state index in [4.69, 9.17) is 17.0 Å². The van der Waals surface area contributed by atoms with Crippen LogP contribution in [-0.2, 0) is 17.9 Å². The average Bonchev–Trinajstić information content (AvgIpc) is 2.36. The molecule has 0 spiro atoms. The lowest BCUT2D eigenvalue weighted by Crippen LogP contribution is -2.11. The first kappa shape index (κ1) is 10.3. The molecule has 0 bridgehead atoms. The molecule has 0 saturated heterocycles. The quantitative estimate of drug-likeness (QED) is 0.761. The van der Waals surface area contributed by atoms with Gasteiger partial charge in [0.2, 0.25) is 0 Å². The van der Waals surface area contributed by atoms with Crippen molar-refractivity contribution in [1.82, 2.24) is 14.8 Å². The van der Waals surface area contributed by atoms with Crippen LogP contribution in [0.2, 0.25) is 0 Å². The van der Waals surface area contributed by atoms with Gasteiger partial charge >= 0.3 is 0 Å². The van der Waals surface area contributed by atoms with Crippen molar-refractivity contribution < 1.29 is 13.5 Å². The normalized spacial score (nSPS) is 11.1. The van der Waals surface area contributed by atoms with E-state index in [-0.39, 0.29) is 11.4 Å². The fourth-order valence-electron chi connectivity index (χ4n) is 0.916. The van der Waals surface area contributed by atoms with Crippen LogP contribution in [0.4, 0.5) is 8.78 Å². The zero-order valence-corrected chi connectivity index (χ0v) is 7.77. The van der Waals surface area contributed by atoms with E-state index in [0.717, 1.165) is 0 Å². The Hall–Kier alpha value is -0.820. The van der Waals surface area contributed by atoms with Crippen LogP contribution in [0.15, 0.2) is 0 Å². The maximum absolute atomic E-state index is 12.0. The fourth-order valence-corrected chi connectivity index (χ4v) is 1.14. The van der Waals surface area contributed by atoms with Gasteiger partial charge in [0.1, 0.15) is 6.61 Å². The highest BCUT2D eigenvalue weighted by atomic mass is 32.1. The number of rotatable bonds is 4. The Kier molecular flexibility index (Phi) is 3.49. The summed E-state index contributed by atoms with van der Waals surface area (Å²) in [4.78, 5) is 0. The maximum Gasteiger partial charge on any atom is 0.256 e. The molecule has 0 aliphatic heterocycles. The zero-order chi connectivity index (χ0) is 9.84. The topological polar surface area (TPSA) is 42.8 Å². The van der Waals surface area contributed by atoms with E-state index in [0.29, 0.717) is 5.82 Å². The van der Waals surface area contributed by atoms with Crippen LogP contribution in [0.1, 0.15) is 5.82 Å². The lowest BCUT2D eigenvalue weighted by molar-refractivity contribution is 0.118. The van der Waals surface area contributed by atoms with E-state index in [1.165, 1.54) is 11.7 Å². The van der Waals surface area contributed by atoms with Crippen LogP contribution >= 0.6 is 12.2 Å². The summed E-state index contributed by atoms with van der Waals surface area (Å²) < 4.78 is 30.3. The second-order valence-corrected chi connectivity index (χ2v) is 2.77. The minimum atomic E-state index is -2.44. The van der Waals surface area contributed by atoms with E-state index in [2.05, 4.69) is 10.2 Å². The van der Waals surface area contributed by atoms with Gasteiger partial charge in [0.25, 0.3) is 6.43 Å².